The smallest absolute Gasteiger partial charge is 0.338 e. The van der Waals surface area contributed by atoms with Crippen molar-refractivity contribution in [2.75, 3.05) is 74.7 Å². The van der Waals surface area contributed by atoms with E-state index in [-0.39, 0.29) is 86.2 Å². The second kappa shape index (κ2) is 53.2. The molecule has 0 amide bonds. The first-order valence-electron chi connectivity index (χ1n) is 44.1. The van der Waals surface area contributed by atoms with Crippen LogP contribution in [0.5, 0.6) is 34.5 Å². The molecule has 6 aromatic carbocycles. The third-order valence-electron chi connectivity index (χ3n) is 22.3. The van der Waals surface area contributed by atoms with Crippen LogP contribution in [0.1, 0.15) is 200 Å². The molecule has 0 atom stereocenters. The van der Waals surface area contributed by atoms with Gasteiger partial charge in [-0.25, -0.2) is 32.8 Å². The average Bonchev–Trinajstić information content (AvgIpc) is 0.777. The van der Waals surface area contributed by atoms with E-state index in [1.807, 2.05) is 18.2 Å². The van der Waals surface area contributed by atoms with Gasteiger partial charge in [-0.15, -0.1) is 0 Å². The van der Waals surface area contributed by atoms with Crippen molar-refractivity contribution in [3.05, 3.63) is 193 Å². The van der Waals surface area contributed by atoms with Gasteiger partial charge in [0.25, 0.3) is 0 Å². The minimum Gasteiger partial charge on any atom is -0.489 e. The highest BCUT2D eigenvalue weighted by atomic mass is 19.1. The molecule has 2 aliphatic carbocycles. The average molecular weight is 1840 g/mol. The van der Waals surface area contributed by atoms with Crippen molar-refractivity contribution >= 4 is 77.6 Å². The molecule has 0 unspecified atom stereocenters. The summed E-state index contributed by atoms with van der Waals surface area (Å²) < 4.78 is 112. The molecule has 30 heteroatoms. The van der Waals surface area contributed by atoms with Crippen LogP contribution in [0.15, 0.2) is 170 Å². The summed E-state index contributed by atoms with van der Waals surface area (Å²) in [5.74, 6) is -12.1. The predicted octanol–water partition coefficient (Wildman–Crippen LogP) is 18.9. The molecule has 2 fully saturated rings. The standard InChI is InChI=1S/C54H63FO15.C49H57FO13/c1-10-11-12-13-36-14-16-37(17-15-36)40-22-23-41(43(55)24-40)38-18-20-39(21-19-38)42-25-46(70-53(62)35(6)7)45(26-44(42)69-52(61)34(4)5)65-29-54(32-68-51(60)33(2)3,30-66-49(58)27-47(56)63-8)31-67-50(59)28-48(57)64-9;1-8-9-10-11-32-12-14-34(15-13-32)37-20-21-38(40(50)22-37)35-16-18-36(19-17-35)39-23-43(63-49(56)31(4)5)42(24-41(39)62-48(55)30(2)3)59-27-33(28-60-46(53)25-44(51)57-6)29-61-47(54)26-45(52)58-7/h18-26,36-37H,2,4,6,10-17,27-32H2,1,3,5,7-9H3;16-24,32-34H,2,4,8-15,25-29H2,1,3,5-7H3. The minimum atomic E-state index is -1.82. The molecular formula is C103H120F2O28. The van der Waals surface area contributed by atoms with E-state index in [9.17, 15) is 62.3 Å². The molecule has 0 bridgehead atoms. The van der Waals surface area contributed by atoms with Gasteiger partial charge in [-0.2, -0.15) is 0 Å². The summed E-state index contributed by atoms with van der Waals surface area (Å²) in [5, 5.41) is 0. The first-order chi connectivity index (χ1) is 63.4. The maximum atomic E-state index is 15.9. The lowest BCUT2D eigenvalue weighted by molar-refractivity contribution is -0.167. The summed E-state index contributed by atoms with van der Waals surface area (Å²) in [6.07, 6.45) is 15.8. The summed E-state index contributed by atoms with van der Waals surface area (Å²) in [6.45, 7) is 25.8. The number of rotatable bonds is 47. The van der Waals surface area contributed by atoms with Crippen LogP contribution in [-0.4, -0.2) is 152 Å². The fourth-order valence-electron chi connectivity index (χ4n) is 14.5. The highest BCUT2D eigenvalue weighted by Crippen LogP contribution is 2.47. The van der Waals surface area contributed by atoms with E-state index in [1.54, 1.807) is 66.7 Å². The van der Waals surface area contributed by atoms with E-state index in [0.29, 0.717) is 50.8 Å². The van der Waals surface area contributed by atoms with Gasteiger partial charge in [-0.1, -0.05) is 171 Å². The quantitative estimate of drug-likeness (QED) is 0.00855. The molecule has 714 valence electrons. The number of hydrogen-bond acceptors (Lipinski definition) is 28. The molecule has 133 heavy (non-hydrogen) atoms. The number of unbranched alkanes of at least 4 members (excludes halogenated alkanes) is 4. The number of halogens is 2. The molecule has 8 rings (SSSR count). The summed E-state index contributed by atoms with van der Waals surface area (Å²) in [4.78, 5) is 162. The first kappa shape index (κ1) is 107. The van der Waals surface area contributed by atoms with E-state index < -0.39 is 154 Å². The third kappa shape index (κ3) is 34.0. The van der Waals surface area contributed by atoms with Crippen LogP contribution in [0.25, 0.3) is 44.5 Å². The number of hydrogen-bond donors (Lipinski definition) is 0. The lowest BCUT2D eigenvalue weighted by Crippen LogP contribution is -2.44. The molecule has 0 spiro atoms. The number of carbonyl (C=O) groups is 13. The Balaban J connectivity index is 0.000000365. The molecule has 0 saturated heterocycles. The minimum absolute atomic E-state index is 0.00568. The molecule has 0 aromatic heterocycles. The van der Waals surface area contributed by atoms with Crippen LogP contribution in [0, 0.1) is 34.8 Å². The van der Waals surface area contributed by atoms with Crippen molar-refractivity contribution in [1.82, 2.24) is 0 Å². The van der Waals surface area contributed by atoms with Gasteiger partial charge >= 0.3 is 77.6 Å². The zero-order valence-corrected chi connectivity index (χ0v) is 77.6. The number of benzene rings is 6. The van der Waals surface area contributed by atoms with Gasteiger partial charge in [-0.05, 0) is 167 Å². The molecule has 0 aliphatic heterocycles. The van der Waals surface area contributed by atoms with E-state index >= 15 is 8.78 Å². The number of methoxy groups -OCH3 is 4. The van der Waals surface area contributed by atoms with Gasteiger partial charge < -0.3 is 71.1 Å². The Kier molecular flexibility index (Phi) is 42.6. The fraction of sp³-hybridized carbons (Fsp3) is 0.427. The van der Waals surface area contributed by atoms with Crippen molar-refractivity contribution in [1.29, 1.82) is 0 Å². The Bertz CT molecular complexity index is 5130. The topological polar surface area (TPSA) is 360 Å². The Morgan fingerprint density at radius 1 is 0.331 bits per heavy atom. The first-order valence-corrected chi connectivity index (χ1v) is 44.1. The number of esters is 13. The summed E-state index contributed by atoms with van der Waals surface area (Å²) in [5.41, 5.74) is 3.77. The predicted molar refractivity (Wildman–Crippen MR) is 487 cm³/mol. The Morgan fingerprint density at radius 3 is 0.955 bits per heavy atom. The van der Waals surface area contributed by atoms with Crippen LogP contribution in [0.2, 0.25) is 0 Å². The van der Waals surface area contributed by atoms with Crippen LogP contribution >= 0.6 is 0 Å². The SMILES string of the molecule is C=C(C)C(=O)OCC(COC(=O)CC(=O)OC)(COC(=O)CC(=O)OC)COc1cc(OC(=O)C(=C)C)c(-c2ccc(-c3ccc(C4CCC(CCCCC)CC4)cc3F)cc2)cc1OC(=O)C(=C)C.C=C(C)C(=O)Oc1cc(-c2ccc(-c3ccc(C4CCC(CCCCC)CC4)cc3F)cc2)c(OC(=O)C(=C)C)cc1OCC(COC(=O)CC(=O)OC)COC(=O)CC(=O)OC. The van der Waals surface area contributed by atoms with E-state index in [0.717, 1.165) is 89.9 Å². The van der Waals surface area contributed by atoms with Gasteiger partial charge in [-0.3, -0.25) is 38.4 Å². The Morgan fingerprint density at radius 2 is 0.639 bits per heavy atom. The van der Waals surface area contributed by atoms with Gasteiger partial charge in [0, 0.05) is 62.3 Å². The second-order valence-corrected chi connectivity index (χ2v) is 33.4. The van der Waals surface area contributed by atoms with E-state index in [2.05, 4.69) is 65.7 Å². The van der Waals surface area contributed by atoms with Crippen molar-refractivity contribution in [2.24, 2.45) is 23.2 Å². The molecule has 0 radical (unpaired) electrons. The molecule has 0 N–H and O–H groups in total. The van der Waals surface area contributed by atoms with Gasteiger partial charge in [0.15, 0.2) is 23.0 Å². The van der Waals surface area contributed by atoms with E-state index in [1.165, 1.54) is 123 Å². The molecule has 2 saturated carbocycles. The molecular weight excluding hydrogens is 1720 g/mol. The van der Waals surface area contributed by atoms with Crippen molar-refractivity contribution in [3.63, 3.8) is 0 Å². The molecule has 28 nitrogen and oxygen atoms in total. The summed E-state index contributed by atoms with van der Waals surface area (Å²) in [6, 6.07) is 29.8. The zero-order chi connectivity index (χ0) is 97.6. The van der Waals surface area contributed by atoms with Gasteiger partial charge in [0.1, 0.15) is 93.9 Å². The van der Waals surface area contributed by atoms with Crippen LogP contribution in [0.4, 0.5) is 8.78 Å². The Hall–Kier alpha value is -13.4. The summed E-state index contributed by atoms with van der Waals surface area (Å²) >= 11 is 0. The highest BCUT2D eigenvalue weighted by Gasteiger charge is 2.40. The van der Waals surface area contributed by atoms with Gasteiger partial charge in [0.05, 0.1) is 41.0 Å². The summed E-state index contributed by atoms with van der Waals surface area (Å²) in [7, 11) is 4.34. The fourth-order valence-corrected chi connectivity index (χ4v) is 14.5. The van der Waals surface area contributed by atoms with E-state index in [4.69, 9.17) is 52.1 Å². The maximum Gasteiger partial charge on any atom is 0.338 e. The van der Waals surface area contributed by atoms with Crippen molar-refractivity contribution < 1.29 is 142 Å². The van der Waals surface area contributed by atoms with Crippen LogP contribution < -0.4 is 28.4 Å². The Labute approximate surface area is 774 Å². The van der Waals surface area contributed by atoms with Crippen LogP contribution in [-0.2, 0) is 105 Å². The largest absolute Gasteiger partial charge is 0.489 e. The molecule has 2 aliphatic rings. The lowest BCUT2D eigenvalue weighted by Gasteiger charge is -2.32. The van der Waals surface area contributed by atoms with Crippen LogP contribution in [0.3, 0.4) is 0 Å². The van der Waals surface area contributed by atoms with Crippen molar-refractivity contribution in [3.8, 4) is 79.0 Å². The second-order valence-electron chi connectivity index (χ2n) is 33.4. The normalized spacial score (nSPS) is 14.4. The number of ether oxygens (including phenoxy) is 15. The lowest BCUT2D eigenvalue weighted by atomic mass is 9.77. The highest BCUT2D eigenvalue weighted by molar-refractivity contribution is 5.96. The maximum absolute atomic E-state index is 15.9. The number of carbonyl (C=O) groups excluding carboxylic acids is 13. The van der Waals surface area contributed by atoms with Gasteiger partial charge in [0.2, 0.25) is 0 Å². The molecule has 0 heterocycles. The molecule has 6 aromatic rings. The van der Waals surface area contributed by atoms with Crippen molar-refractivity contribution in [2.45, 2.75) is 189 Å². The third-order valence-corrected chi connectivity index (χ3v) is 22.3. The zero-order valence-electron chi connectivity index (χ0n) is 77.6. The monoisotopic (exact) mass is 1840 g/mol.